The van der Waals surface area contributed by atoms with Crippen LogP contribution in [0.25, 0.3) is 0 Å². The van der Waals surface area contributed by atoms with Crippen LogP contribution >= 0.6 is 11.3 Å². The van der Waals surface area contributed by atoms with Crippen LogP contribution in [0.3, 0.4) is 0 Å². The molecule has 7 nitrogen and oxygen atoms in total. The van der Waals surface area contributed by atoms with E-state index in [9.17, 15) is 9.59 Å². The molecule has 152 valence electrons. The van der Waals surface area contributed by atoms with Crippen molar-refractivity contribution in [3.63, 3.8) is 0 Å². The number of amidine groups is 1. The fourth-order valence-corrected chi connectivity index (χ4v) is 4.46. The van der Waals surface area contributed by atoms with Crippen molar-refractivity contribution in [3.05, 3.63) is 52.2 Å². The maximum Gasteiger partial charge on any atom is 0.269 e. The van der Waals surface area contributed by atoms with E-state index in [4.69, 9.17) is 0 Å². The highest BCUT2D eigenvalue weighted by atomic mass is 32.1. The number of nitrogens with zero attached hydrogens (tertiary/aromatic N) is 3. The minimum Gasteiger partial charge on any atom is -0.352 e. The Labute approximate surface area is 174 Å². The van der Waals surface area contributed by atoms with Crippen molar-refractivity contribution >= 4 is 34.7 Å². The van der Waals surface area contributed by atoms with Crippen LogP contribution < -0.4 is 15.6 Å². The fraction of sp³-hybridized carbons (Fsp3) is 0.381. The highest BCUT2D eigenvalue weighted by Crippen LogP contribution is 2.37. The Morgan fingerprint density at radius 2 is 2.07 bits per heavy atom. The number of benzene rings is 1. The molecule has 3 heterocycles. The summed E-state index contributed by atoms with van der Waals surface area (Å²) in [5.41, 5.74) is 5.04. The van der Waals surface area contributed by atoms with Crippen molar-refractivity contribution in [2.75, 3.05) is 11.4 Å². The van der Waals surface area contributed by atoms with E-state index >= 15 is 0 Å². The zero-order valence-electron chi connectivity index (χ0n) is 16.6. The number of carbonyl (C=O) groups is 2. The number of anilines is 1. The van der Waals surface area contributed by atoms with E-state index in [1.165, 1.54) is 11.3 Å². The van der Waals surface area contributed by atoms with Crippen LogP contribution in [0.15, 0.2) is 46.9 Å². The van der Waals surface area contributed by atoms with Gasteiger partial charge in [-0.15, -0.1) is 11.3 Å². The van der Waals surface area contributed by atoms with Crippen LogP contribution in [-0.4, -0.2) is 35.4 Å². The van der Waals surface area contributed by atoms with Crippen LogP contribution in [0.2, 0.25) is 0 Å². The Hall–Kier alpha value is -2.87. The Morgan fingerprint density at radius 3 is 2.83 bits per heavy atom. The molecule has 1 unspecified atom stereocenters. The summed E-state index contributed by atoms with van der Waals surface area (Å²) in [4.78, 5) is 29.8. The second kappa shape index (κ2) is 8.24. The lowest BCUT2D eigenvalue weighted by Gasteiger charge is -2.40. The third kappa shape index (κ3) is 3.98. The lowest BCUT2D eigenvalue weighted by molar-refractivity contribution is -0.121. The largest absolute Gasteiger partial charge is 0.352 e. The smallest absolute Gasteiger partial charge is 0.269 e. The monoisotopic (exact) mass is 411 g/mol. The first-order valence-electron chi connectivity index (χ1n) is 9.85. The summed E-state index contributed by atoms with van der Waals surface area (Å²) in [6.07, 6.45) is 0.520. The van der Waals surface area contributed by atoms with E-state index in [0.29, 0.717) is 31.8 Å². The summed E-state index contributed by atoms with van der Waals surface area (Å²) in [5, 5.41) is 9.35. The van der Waals surface area contributed by atoms with Crippen molar-refractivity contribution < 1.29 is 9.59 Å². The standard InChI is InChI=1S/C21H25N5O2S/c1-14(2)13-25-20(28)19-16(10-11-29-19)26-17(23-24-21(25)26)8-9-18(27)22-12-15-6-4-3-5-7-15/h3-7,10-11,14,21,24H,8-9,12-13H2,1-2H3,(H,22,27). The molecule has 0 spiro atoms. The van der Waals surface area contributed by atoms with Gasteiger partial charge in [-0.3, -0.25) is 24.8 Å². The molecule has 1 aromatic carbocycles. The maximum atomic E-state index is 12.9. The first-order valence-corrected chi connectivity index (χ1v) is 10.7. The predicted octanol–water partition coefficient (Wildman–Crippen LogP) is 2.96. The summed E-state index contributed by atoms with van der Waals surface area (Å²) < 4.78 is 0. The minimum atomic E-state index is -0.325. The van der Waals surface area contributed by atoms with Crippen LogP contribution in [0.1, 0.15) is 41.9 Å². The first-order chi connectivity index (χ1) is 14.0. The second-order valence-corrected chi connectivity index (χ2v) is 8.57. The lowest BCUT2D eigenvalue weighted by Crippen LogP contribution is -2.59. The molecular formula is C21H25N5O2S. The van der Waals surface area contributed by atoms with Crippen LogP contribution in [0, 0.1) is 5.92 Å². The average Bonchev–Trinajstić information content (AvgIpc) is 3.35. The van der Waals surface area contributed by atoms with Gasteiger partial charge in [0, 0.05) is 25.9 Å². The molecule has 8 heteroatoms. The van der Waals surface area contributed by atoms with Gasteiger partial charge in [0.15, 0.2) is 0 Å². The van der Waals surface area contributed by atoms with Gasteiger partial charge in [-0.05, 0) is 22.9 Å². The van der Waals surface area contributed by atoms with E-state index in [0.717, 1.165) is 22.0 Å². The predicted molar refractivity (Wildman–Crippen MR) is 115 cm³/mol. The van der Waals surface area contributed by atoms with Gasteiger partial charge in [0.25, 0.3) is 5.91 Å². The molecule has 2 amide bonds. The minimum absolute atomic E-state index is 0.0160. The number of hydrogen-bond acceptors (Lipinski definition) is 6. The van der Waals surface area contributed by atoms with Crippen molar-refractivity contribution in [2.24, 2.45) is 11.0 Å². The Balaban J connectivity index is 1.41. The van der Waals surface area contributed by atoms with E-state index in [-0.39, 0.29) is 18.1 Å². The van der Waals surface area contributed by atoms with E-state index in [2.05, 4.69) is 34.6 Å². The third-order valence-corrected chi connectivity index (χ3v) is 5.85. The zero-order chi connectivity index (χ0) is 20.4. The quantitative estimate of drug-likeness (QED) is 0.734. The molecule has 0 radical (unpaired) electrons. The van der Waals surface area contributed by atoms with Gasteiger partial charge in [0.2, 0.25) is 12.2 Å². The molecule has 0 saturated heterocycles. The molecular weight excluding hydrogens is 386 g/mol. The third-order valence-electron chi connectivity index (χ3n) is 4.96. The SMILES string of the molecule is CC(C)CN1C(=O)c2sccc2N2C(CCC(=O)NCc3ccccc3)=NNC12. The molecule has 1 atom stereocenters. The lowest BCUT2D eigenvalue weighted by atomic mass is 10.1. The van der Waals surface area contributed by atoms with E-state index in [1.54, 1.807) is 0 Å². The molecule has 0 aliphatic carbocycles. The highest BCUT2D eigenvalue weighted by Gasteiger charge is 2.43. The number of rotatable bonds is 7. The number of thiophene rings is 1. The number of hydrazone groups is 1. The molecule has 2 aliphatic heterocycles. The van der Waals surface area contributed by atoms with Gasteiger partial charge in [0.05, 0.1) is 5.69 Å². The highest BCUT2D eigenvalue weighted by molar-refractivity contribution is 7.12. The summed E-state index contributed by atoms with van der Waals surface area (Å²) in [7, 11) is 0. The van der Waals surface area contributed by atoms with E-state index < -0.39 is 0 Å². The molecule has 0 saturated carbocycles. The number of nitrogens with one attached hydrogen (secondary N) is 2. The Kier molecular flexibility index (Phi) is 5.53. The fourth-order valence-electron chi connectivity index (χ4n) is 3.62. The van der Waals surface area contributed by atoms with Gasteiger partial charge in [-0.25, -0.2) is 0 Å². The molecule has 0 bridgehead atoms. The average molecular weight is 412 g/mol. The van der Waals surface area contributed by atoms with Crippen LogP contribution in [0.5, 0.6) is 0 Å². The second-order valence-electron chi connectivity index (χ2n) is 7.65. The van der Waals surface area contributed by atoms with Crippen molar-refractivity contribution in [1.82, 2.24) is 15.6 Å². The first kappa shape index (κ1) is 19.4. The summed E-state index contributed by atoms with van der Waals surface area (Å²) in [6, 6.07) is 11.8. The van der Waals surface area contributed by atoms with Crippen LogP contribution in [0.4, 0.5) is 5.69 Å². The normalized spacial score (nSPS) is 17.7. The van der Waals surface area contributed by atoms with Crippen LogP contribution in [-0.2, 0) is 11.3 Å². The molecule has 29 heavy (non-hydrogen) atoms. The molecule has 2 N–H and O–H groups in total. The van der Waals surface area contributed by atoms with Gasteiger partial charge >= 0.3 is 0 Å². The zero-order valence-corrected chi connectivity index (χ0v) is 17.4. The number of hydrogen-bond donors (Lipinski definition) is 2. The topological polar surface area (TPSA) is 77.0 Å². The van der Waals surface area contributed by atoms with Gasteiger partial charge in [-0.1, -0.05) is 44.2 Å². The number of carbonyl (C=O) groups excluding carboxylic acids is 2. The molecule has 1 aromatic heterocycles. The van der Waals surface area contributed by atoms with Gasteiger partial charge < -0.3 is 5.32 Å². The molecule has 4 rings (SSSR count). The Morgan fingerprint density at radius 1 is 1.28 bits per heavy atom. The summed E-state index contributed by atoms with van der Waals surface area (Å²) in [5.74, 6) is 1.15. The van der Waals surface area contributed by atoms with Crippen molar-refractivity contribution in [2.45, 2.75) is 39.5 Å². The number of amides is 2. The maximum absolute atomic E-state index is 12.9. The number of fused-ring (bicyclic) bond motifs is 3. The molecule has 2 aromatic rings. The van der Waals surface area contributed by atoms with Crippen molar-refractivity contribution in [3.8, 4) is 0 Å². The van der Waals surface area contributed by atoms with Gasteiger partial charge in [-0.2, -0.15) is 5.10 Å². The molecule has 0 fully saturated rings. The Bertz CT molecular complexity index is 924. The summed E-state index contributed by atoms with van der Waals surface area (Å²) >= 11 is 1.45. The van der Waals surface area contributed by atoms with Gasteiger partial charge in [0.1, 0.15) is 10.7 Å². The summed E-state index contributed by atoms with van der Waals surface area (Å²) in [6.45, 7) is 5.34. The van der Waals surface area contributed by atoms with E-state index in [1.807, 2.05) is 46.7 Å². The van der Waals surface area contributed by atoms with Crippen molar-refractivity contribution in [1.29, 1.82) is 0 Å². The molecule has 2 aliphatic rings.